The number of nitrogens with one attached hydrogen (secondary N) is 1. The van der Waals surface area contributed by atoms with Crippen molar-refractivity contribution in [2.45, 2.75) is 82.3 Å². The molecule has 0 radical (unpaired) electrons. The second-order valence-corrected chi connectivity index (χ2v) is 5.74. The molecule has 1 saturated carbocycles. The topological polar surface area (TPSA) is 93.0 Å². The Bertz CT molecular complexity index is 229. The Labute approximate surface area is 115 Å². The highest BCUT2D eigenvalue weighted by molar-refractivity contribution is 4.81. The van der Waals surface area contributed by atoms with Gasteiger partial charge in [0.2, 0.25) is 0 Å². The van der Waals surface area contributed by atoms with Crippen LogP contribution in [-0.2, 0) is 0 Å². The number of aliphatic hydroxyl groups is 4. The van der Waals surface area contributed by atoms with Crippen LogP contribution in [0.5, 0.6) is 0 Å². The van der Waals surface area contributed by atoms with Gasteiger partial charge in [-0.05, 0) is 19.8 Å². The monoisotopic (exact) mass is 275 g/mol. The first-order chi connectivity index (χ1) is 9.02. The average Bonchev–Trinajstić information content (AvgIpc) is 2.35. The lowest BCUT2D eigenvalue weighted by atomic mass is 9.96. The third kappa shape index (κ3) is 6.19. The molecule has 1 aliphatic rings. The van der Waals surface area contributed by atoms with E-state index in [2.05, 4.69) is 5.32 Å². The van der Waals surface area contributed by atoms with Crippen LogP contribution in [0.4, 0.5) is 0 Å². The van der Waals surface area contributed by atoms with E-state index in [4.69, 9.17) is 0 Å². The summed E-state index contributed by atoms with van der Waals surface area (Å²) < 4.78 is 0. The van der Waals surface area contributed by atoms with E-state index in [0.717, 1.165) is 12.8 Å². The molecule has 0 bridgehead atoms. The lowest BCUT2D eigenvalue weighted by molar-refractivity contribution is -0.0991. The van der Waals surface area contributed by atoms with Gasteiger partial charge in [-0.25, -0.2) is 0 Å². The second kappa shape index (κ2) is 8.87. The van der Waals surface area contributed by atoms with Crippen LogP contribution in [0, 0.1) is 0 Å². The molecule has 5 N–H and O–H groups in total. The predicted molar refractivity (Wildman–Crippen MR) is 73.8 cm³/mol. The summed E-state index contributed by atoms with van der Waals surface area (Å²) in [4.78, 5) is 0. The summed E-state index contributed by atoms with van der Waals surface area (Å²) in [6, 6.07) is 0.380. The Morgan fingerprint density at radius 2 is 1.42 bits per heavy atom. The first-order valence-electron chi connectivity index (χ1n) is 7.48. The fourth-order valence-electron chi connectivity index (χ4n) is 2.58. The molecule has 0 aromatic carbocycles. The lowest BCUT2D eigenvalue weighted by Gasteiger charge is -2.27. The molecule has 0 aliphatic heterocycles. The maximum atomic E-state index is 9.81. The number of rotatable bonds is 6. The molecule has 5 nitrogen and oxygen atoms in total. The minimum absolute atomic E-state index is 0.246. The van der Waals surface area contributed by atoms with Gasteiger partial charge >= 0.3 is 0 Å². The Morgan fingerprint density at radius 1 is 0.895 bits per heavy atom. The van der Waals surface area contributed by atoms with Crippen molar-refractivity contribution in [2.24, 2.45) is 0 Å². The minimum Gasteiger partial charge on any atom is -0.391 e. The average molecular weight is 275 g/mol. The first kappa shape index (κ1) is 16.9. The number of hydrogen-bond donors (Lipinski definition) is 5. The van der Waals surface area contributed by atoms with Crippen molar-refractivity contribution in [3.05, 3.63) is 0 Å². The second-order valence-electron chi connectivity index (χ2n) is 5.74. The molecule has 114 valence electrons. The van der Waals surface area contributed by atoms with Gasteiger partial charge in [0.25, 0.3) is 0 Å². The summed E-state index contributed by atoms with van der Waals surface area (Å²) >= 11 is 0. The summed E-state index contributed by atoms with van der Waals surface area (Å²) in [7, 11) is 0. The quantitative estimate of drug-likeness (QED) is 0.476. The highest BCUT2D eigenvalue weighted by atomic mass is 16.4. The highest BCUT2D eigenvalue weighted by Gasteiger charge is 2.28. The molecule has 19 heavy (non-hydrogen) atoms. The third-order valence-electron chi connectivity index (χ3n) is 3.96. The third-order valence-corrected chi connectivity index (χ3v) is 3.96. The molecule has 0 heterocycles. The van der Waals surface area contributed by atoms with Crippen molar-refractivity contribution in [2.75, 3.05) is 6.54 Å². The molecule has 0 aromatic rings. The van der Waals surface area contributed by atoms with E-state index in [9.17, 15) is 20.4 Å². The van der Waals surface area contributed by atoms with Crippen molar-refractivity contribution >= 4 is 0 Å². The van der Waals surface area contributed by atoms with E-state index in [1.807, 2.05) is 0 Å². The SMILES string of the molecule is C[C@H](O)[C@@H](O)[C@@H](O)[C@H](O)CNC1CCCCCCC1. The van der Waals surface area contributed by atoms with Crippen molar-refractivity contribution in [3.63, 3.8) is 0 Å². The molecule has 4 atom stereocenters. The first-order valence-corrected chi connectivity index (χ1v) is 7.48. The molecule has 1 aliphatic carbocycles. The van der Waals surface area contributed by atoms with Gasteiger partial charge in [-0.1, -0.05) is 32.1 Å². The fourth-order valence-corrected chi connectivity index (χ4v) is 2.58. The van der Waals surface area contributed by atoms with Gasteiger partial charge in [-0.15, -0.1) is 0 Å². The Morgan fingerprint density at radius 3 is 1.95 bits per heavy atom. The molecule has 5 heteroatoms. The van der Waals surface area contributed by atoms with E-state index >= 15 is 0 Å². The zero-order valence-corrected chi connectivity index (χ0v) is 11.8. The zero-order valence-electron chi connectivity index (χ0n) is 11.8. The van der Waals surface area contributed by atoms with Crippen LogP contribution in [0.15, 0.2) is 0 Å². The van der Waals surface area contributed by atoms with Crippen molar-refractivity contribution < 1.29 is 20.4 Å². The normalized spacial score (nSPS) is 25.1. The van der Waals surface area contributed by atoms with E-state index in [-0.39, 0.29) is 6.54 Å². The summed E-state index contributed by atoms with van der Waals surface area (Å²) in [6.45, 7) is 1.64. The number of hydrogen-bond acceptors (Lipinski definition) is 5. The van der Waals surface area contributed by atoms with Gasteiger partial charge < -0.3 is 25.7 Å². The van der Waals surface area contributed by atoms with Gasteiger partial charge in [0.15, 0.2) is 0 Å². The Balaban J connectivity index is 2.29. The van der Waals surface area contributed by atoms with Gasteiger partial charge in [0.05, 0.1) is 12.2 Å². The molecule has 0 aromatic heterocycles. The maximum Gasteiger partial charge on any atom is 0.109 e. The minimum atomic E-state index is -1.32. The molecule has 0 saturated heterocycles. The summed E-state index contributed by atoms with van der Waals surface area (Å²) in [5, 5.41) is 41.4. The van der Waals surface area contributed by atoms with Crippen molar-refractivity contribution in [1.29, 1.82) is 0 Å². The Hall–Kier alpha value is -0.200. The Kier molecular flexibility index (Phi) is 7.87. The van der Waals surface area contributed by atoms with Gasteiger partial charge in [-0.2, -0.15) is 0 Å². The van der Waals surface area contributed by atoms with Crippen molar-refractivity contribution in [3.8, 4) is 0 Å². The van der Waals surface area contributed by atoms with E-state index in [1.165, 1.54) is 39.0 Å². The van der Waals surface area contributed by atoms with E-state index in [0.29, 0.717) is 6.04 Å². The van der Waals surface area contributed by atoms with E-state index < -0.39 is 24.4 Å². The van der Waals surface area contributed by atoms with Crippen LogP contribution in [-0.4, -0.2) is 57.4 Å². The molecule has 1 rings (SSSR count). The molecular formula is C14H29NO4. The van der Waals surface area contributed by atoms with Crippen LogP contribution in [0.1, 0.15) is 51.9 Å². The van der Waals surface area contributed by atoms with E-state index in [1.54, 1.807) is 0 Å². The van der Waals surface area contributed by atoms with Crippen molar-refractivity contribution in [1.82, 2.24) is 5.32 Å². The van der Waals surface area contributed by atoms with Gasteiger partial charge in [0, 0.05) is 12.6 Å². The highest BCUT2D eigenvalue weighted by Crippen LogP contribution is 2.17. The van der Waals surface area contributed by atoms with Crippen LogP contribution >= 0.6 is 0 Å². The van der Waals surface area contributed by atoms with Gasteiger partial charge in [0.1, 0.15) is 12.2 Å². The molecular weight excluding hydrogens is 246 g/mol. The molecule has 1 fully saturated rings. The fraction of sp³-hybridized carbons (Fsp3) is 1.00. The smallest absolute Gasteiger partial charge is 0.109 e. The van der Waals surface area contributed by atoms with Crippen LogP contribution in [0.25, 0.3) is 0 Å². The molecule has 0 spiro atoms. The largest absolute Gasteiger partial charge is 0.391 e. The summed E-state index contributed by atoms with van der Waals surface area (Å²) in [6.07, 6.45) is 3.71. The van der Waals surface area contributed by atoms with Crippen LogP contribution < -0.4 is 5.32 Å². The summed E-state index contributed by atoms with van der Waals surface area (Å²) in [5.74, 6) is 0. The summed E-state index contributed by atoms with van der Waals surface area (Å²) in [5.41, 5.74) is 0. The van der Waals surface area contributed by atoms with Crippen LogP contribution in [0.2, 0.25) is 0 Å². The lowest BCUT2D eigenvalue weighted by Crippen LogP contribution is -2.48. The zero-order chi connectivity index (χ0) is 14.3. The van der Waals surface area contributed by atoms with Crippen LogP contribution in [0.3, 0.4) is 0 Å². The standard InChI is InChI=1S/C14H29NO4/c1-10(16)13(18)14(19)12(17)9-15-11-7-5-3-2-4-6-8-11/h10-19H,2-9H2,1H3/t10-,12+,13+,14-/m0/s1. The predicted octanol–water partition coefficient (Wildman–Crippen LogP) is 0.152. The molecule has 0 unspecified atom stereocenters. The van der Waals surface area contributed by atoms with Gasteiger partial charge in [-0.3, -0.25) is 0 Å². The number of aliphatic hydroxyl groups excluding tert-OH is 4. The molecule has 0 amide bonds. The maximum absolute atomic E-state index is 9.81.